The van der Waals surface area contributed by atoms with Crippen LogP contribution in [0.4, 0.5) is 57.1 Å². The first kappa shape index (κ1) is 26.3. The lowest BCUT2D eigenvalue weighted by molar-refractivity contribution is -0.436. The number of nitrogens with one attached hydrogen (secondary N) is 1. The molecule has 0 heterocycles. The topological polar surface area (TPSA) is 29.1 Å². The molecule has 1 amide bonds. The van der Waals surface area contributed by atoms with E-state index in [4.69, 9.17) is 0 Å². The predicted molar refractivity (Wildman–Crippen MR) is 75.0 cm³/mol. The number of hydrogen-bond acceptors (Lipinski definition) is 1. The molecule has 1 N–H and O–H groups in total. The maximum atomic E-state index is 13.6. The zero-order valence-corrected chi connectivity index (χ0v) is 14.6. The quantitative estimate of drug-likeness (QED) is 0.356. The van der Waals surface area contributed by atoms with Crippen molar-refractivity contribution in [1.82, 2.24) is 5.32 Å². The molecule has 2 nitrogen and oxygen atoms in total. The van der Waals surface area contributed by atoms with Crippen molar-refractivity contribution in [3.05, 3.63) is 11.6 Å². The summed E-state index contributed by atoms with van der Waals surface area (Å²) in [6.45, 7) is -0.822. The van der Waals surface area contributed by atoms with Crippen LogP contribution in [0, 0.1) is 0 Å². The van der Waals surface area contributed by atoms with Gasteiger partial charge in [0.2, 0.25) is 0 Å². The molecular formula is C15H14F13NO. The van der Waals surface area contributed by atoms with Crippen LogP contribution in [0.2, 0.25) is 0 Å². The number of carbonyl (C=O) groups excluding carboxylic acids is 1. The molecule has 0 fully saturated rings. The van der Waals surface area contributed by atoms with E-state index < -0.39 is 48.2 Å². The van der Waals surface area contributed by atoms with Gasteiger partial charge in [-0.3, -0.25) is 4.79 Å². The molecule has 0 aromatic rings. The van der Waals surface area contributed by atoms with Crippen LogP contribution in [-0.2, 0) is 4.79 Å². The molecule has 1 rings (SSSR count). The molecule has 0 saturated heterocycles. The van der Waals surface area contributed by atoms with Crippen LogP contribution in [0.15, 0.2) is 11.6 Å². The Labute approximate surface area is 160 Å². The van der Waals surface area contributed by atoms with E-state index in [2.05, 4.69) is 0 Å². The van der Waals surface area contributed by atoms with E-state index in [0.717, 1.165) is 11.7 Å². The molecule has 176 valence electrons. The van der Waals surface area contributed by atoms with Crippen LogP contribution >= 0.6 is 0 Å². The SMILES string of the molecule is O=C(NCCC1=CCCCC1)C(F)(F)C(F)(F)C(F)(F)C(F)(F)C(F)(F)C(F)(F)F. The lowest BCUT2D eigenvalue weighted by Gasteiger charge is -2.39. The van der Waals surface area contributed by atoms with Gasteiger partial charge in [-0.2, -0.15) is 57.1 Å². The summed E-state index contributed by atoms with van der Waals surface area (Å²) < 4.78 is 168. The molecule has 0 bridgehead atoms. The number of amides is 1. The second-order valence-electron chi connectivity index (χ2n) is 6.48. The molecule has 30 heavy (non-hydrogen) atoms. The van der Waals surface area contributed by atoms with Gasteiger partial charge in [0.15, 0.2) is 0 Å². The third-order valence-corrected chi connectivity index (χ3v) is 4.34. The predicted octanol–water partition coefficient (Wildman–Crippen LogP) is 5.73. The van der Waals surface area contributed by atoms with Gasteiger partial charge in [0, 0.05) is 6.54 Å². The number of carbonyl (C=O) groups is 1. The Morgan fingerprint density at radius 3 is 1.70 bits per heavy atom. The third kappa shape index (κ3) is 4.20. The Morgan fingerprint density at radius 2 is 1.27 bits per heavy atom. The highest BCUT2D eigenvalue weighted by molar-refractivity contribution is 5.84. The van der Waals surface area contributed by atoms with Crippen molar-refractivity contribution >= 4 is 5.91 Å². The molecule has 0 spiro atoms. The number of alkyl halides is 13. The Bertz CT molecular complexity index is 666. The molecule has 0 saturated carbocycles. The van der Waals surface area contributed by atoms with Gasteiger partial charge in [0.05, 0.1) is 0 Å². The molecular weight excluding hydrogens is 457 g/mol. The second-order valence-corrected chi connectivity index (χ2v) is 6.48. The second kappa shape index (κ2) is 8.09. The lowest BCUT2D eigenvalue weighted by Crippen LogP contribution is -2.72. The van der Waals surface area contributed by atoms with Crippen molar-refractivity contribution in [2.45, 2.75) is 67.9 Å². The van der Waals surface area contributed by atoms with Crippen molar-refractivity contribution in [2.75, 3.05) is 6.54 Å². The summed E-state index contributed by atoms with van der Waals surface area (Å²) in [5, 5.41) is 1.07. The fourth-order valence-electron chi connectivity index (χ4n) is 2.49. The van der Waals surface area contributed by atoms with Crippen LogP contribution in [-0.4, -0.2) is 48.2 Å². The van der Waals surface area contributed by atoms with Gasteiger partial charge in [-0.15, -0.1) is 0 Å². The highest BCUT2D eigenvalue weighted by Gasteiger charge is 2.91. The summed E-state index contributed by atoms with van der Waals surface area (Å²) in [6, 6.07) is 0. The van der Waals surface area contributed by atoms with Crippen LogP contribution in [0.1, 0.15) is 32.1 Å². The van der Waals surface area contributed by atoms with Crippen LogP contribution in [0.3, 0.4) is 0 Å². The maximum absolute atomic E-state index is 13.6. The van der Waals surface area contributed by atoms with Gasteiger partial charge in [-0.25, -0.2) is 0 Å². The Kier molecular flexibility index (Phi) is 7.11. The molecule has 0 atom stereocenters. The van der Waals surface area contributed by atoms with Gasteiger partial charge >= 0.3 is 35.8 Å². The molecule has 0 aromatic heterocycles. The summed E-state index contributed by atoms with van der Waals surface area (Å²) in [5.41, 5.74) is 0.596. The van der Waals surface area contributed by atoms with E-state index >= 15 is 0 Å². The number of hydrogen-bond donors (Lipinski definition) is 1. The molecule has 0 aliphatic heterocycles. The highest BCUT2D eigenvalue weighted by Crippen LogP contribution is 2.60. The zero-order chi connectivity index (χ0) is 23.8. The Morgan fingerprint density at radius 1 is 0.767 bits per heavy atom. The molecule has 0 unspecified atom stereocenters. The van der Waals surface area contributed by atoms with Crippen molar-refractivity contribution in [3.8, 4) is 0 Å². The standard InChI is InChI=1S/C15H14F13NO/c16-10(17,9(30)29-7-6-8-4-2-1-3-5-8)11(18,19)12(20,21)13(22,23)14(24,25)15(26,27)28/h4H,1-3,5-7H2,(H,29,30). The Balaban J connectivity index is 3.09. The van der Waals surface area contributed by atoms with Crippen LogP contribution < -0.4 is 5.32 Å². The average Bonchev–Trinajstić information content (AvgIpc) is 2.60. The summed E-state index contributed by atoms with van der Waals surface area (Å²) >= 11 is 0. The first-order chi connectivity index (χ1) is 13.2. The Hall–Kier alpha value is -1.70. The van der Waals surface area contributed by atoms with Crippen LogP contribution in [0.25, 0.3) is 0 Å². The van der Waals surface area contributed by atoms with Crippen molar-refractivity contribution in [2.24, 2.45) is 0 Å². The van der Waals surface area contributed by atoms with E-state index in [-0.39, 0.29) is 6.42 Å². The van der Waals surface area contributed by atoms with Gasteiger partial charge in [0.1, 0.15) is 0 Å². The van der Waals surface area contributed by atoms with E-state index in [9.17, 15) is 61.9 Å². The fourth-order valence-corrected chi connectivity index (χ4v) is 2.49. The summed E-state index contributed by atoms with van der Waals surface area (Å²) in [4.78, 5) is 11.2. The minimum atomic E-state index is -8.02. The third-order valence-electron chi connectivity index (χ3n) is 4.34. The first-order valence-corrected chi connectivity index (χ1v) is 8.17. The average molecular weight is 471 g/mol. The summed E-state index contributed by atoms with van der Waals surface area (Å²) in [6.07, 6.45) is -3.51. The summed E-state index contributed by atoms with van der Waals surface area (Å²) in [7, 11) is 0. The first-order valence-electron chi connectivity index (χ1n) is 8.17. The van der Waals surface area contributed by atoms with E-state index in [0.29, 0.717) is 24.8 Å². The maximum Gasteiger partial charge on any atom is 0.460 e. The fraction of sp³-hybridized carbons (Fsp3) is 0.800. The number of halogens is 13. The zero-order valence-electron chi connectivity index (χ0n) is 14.6. The van der Waals surface area contributed by atoms with Gasteiger partial charge < -0.3 is 5.32 Å². The van der Waals surface area contributed by atoms with Crippen molar-refractivity contribution in [3.63, 3.8) is 0 Å². The smallest absolute Gasteiger partial charge is 0.350 e. The van der Waals surface area contributed by atoms with Gasteiger partial charge in [-0.1, -0.05) is 11.6 Å². The van der Waals surface area contributed by atoms with E-state index in [1.54, 1.807) is 6.08 Å². The van der Waals surface area contributed by atoms with E-state index in [1.165, 1.54) is 0 Å². The van der Waals surface area contributed by atoms with Gasteiger partial charge in [0.25, 0.3) is 5.91 Å². The number of rotatable bonds is 8. The molecule has 0 aromatic carbocycles. The van der Waals surface area contributed by atoms with E-state index in [1.807, 2.05) is 0 Å². The minimum absolute atomic E-state index is 0.188. The molecule has 1 aliphatic carbocycles. The normalized spacial score (nSPS) is 17.6. The molecule has 1 aliphatic rings. The number of allylic oxidation sites excluding steroid dienone is 1. The lowest BCUT2D eigenvalue weighted by atomic mass is 9.93. The molecule has 0 radical (unpaired) electrons. The largest absolute Gasteiger partial charge is 0.460 e. The van der Waals surface area contributed by atoms with Crippen molar-refractivity contribution in [1.29, 1.82) is 0 Å². The van der Waals surface area contributed by atoms with Crippen LogP contribution in [0.5, 0.6) is 0 Å². The monoisotopic (exact) mass is 471 g/mol. The van der Waals surface area contributed by atoms with Crippen molar-refractivity contribution < 1.29 is 61.9 Å². The summed E-state index contributed by atoms with van der Waals surface area (Å²) in [5.74, 6) is -41.4. The minimum Gasteiger partial charge on any atom is -0.350 e. The van der Waals surface area contributed by atoms with Gasteiger partial charge in [-0.05, 0) is 32.1 Å². The highest BCUT2D eigenvalue weighted by atomic mass is 19.4. The molecule has 15 heteroatoms.